The Balaban J connectivity index is 2.09. The van der Waals surface area contributed by atoms with Crippen LogP contribution in [0.5, 0.6) is 0 Å². The van der Waals surface area contributed by atoms with E-state index in [1.165, 1.54) is 0 Å². The second-order valence-corrected chi connectivity index (χ2v) is 5.03. The quantitative estimate of drug-likeness (QED) is 0.759. The minimum absolute atomic E-state index is 0.00878. The van der Waals surface area contributed by atoms with Gasteiger partial charge in [-0.3, -0.25) is 9.48 Å². The lowest BCUT2D eigenvalue weighted by molar-refractivity contribution is -0.127. The molecule has 5 heteroatoms. The number of carbonyl (C=O) groups excluding carboxylic acids is 1. The van der Waals surface area contributed by atoms with Crippen LogP contribution in [0.2, 0.25) is 0 Å². The van der Waals surface area contributed by atoms with Crippen LogP contribution in [0.25, 0.3) is 0 Å². The highest BCUT2D eigenvalue weighted by atomic mass is 79.9. The molecule has 82 valence electrons. The molecule has 1 aromatic heterocycles. The number of likely N-dealkylation sites (tertiary alicyclic amines) is 1. The minimum atomic E-state index is 0.00878. The van der Waals surface area contributed by atoms with Crippen molar-refractivity contribution in [2.75, 3.05) is 6.54 Å². The molecule has 1 unspecified atom stereocenters. The van der Waals surface area contributed by atoms with Crippen LogP contribution in [0.15, 0.2) is 6.20 Å². The van der Waals surface area contributed by atoms with Crippen LogP contribution in [0.1, 0.15) is 17.7 Å². The lowest BCUT2D eigenvalue weighted by atomic mass is 10.2. The maximum Gasteiger partial charge on any atom is 0.236 e. The molecule has 1 aromatic rings. The molecule has 1 amide bonds. The summed E-state index contributed by atoms with van der Waals surface area (Å²) in [7, 11) is 1.90. The molecule has 1 atom stereocenters. The fourth-order valence-electron chi connectivity index (χ4n) is 1.87. The fraction of sp³-hybridized carbons (Fsp3) is 0.600. The number of aromatic nitrogens is 2. The van der Waals surface area contributed by atoms with E-state index in [1.54, 1.807) is 4.68 Å². The predicted octanol–water partition coefficient (Wildman–Crippen LogP) is 1.22. The fourth-order valence-corrected chi connectivity index (χ4v) is 2.36. The number of rotatable bonds is 2. The van der Waals surface area contributed by atoms with E-state index in [9.17, 15) is 4.79 Å². The van der Waals surface area contributed by atoms with Gasteiger partial charge in [0.2, 0.25) is 5.91 Å². The number of carbonyl (C=O) groups is 1. The number of halogens is 1. The highest BCUT2D eigenvalue weighted by molar-refractivity contribution is 9.10. The molecular formula is C10H14BrN3O. The maximum absolute atomic E-state index is 11.7. The number of aryl methyl sites for hydroxylation is 2. The summed E-state index contributed by atoms with van der Waals surface area (Å²) < 4.78 is 1.79. The van der Waals surface area contributed by atoms with Gasteiger partial charge in [0.05, 0.1) is 10.5 Å². The van der Waals surface area contributed by atoms with Crippen LogP contribution in [0.3, 0.4) is 0 Å². The van der Waals surface area contributed by atoms with Gasteiger partial charge < -0.3 is 4.90 Å². The molecule has 0 bridgehead atoms. The van der Waals surface area contributed by atoms with E-state index in [0.29, 0.717) is 6.54 Å². The molecule has 2 heterocycles. The molecule has 2 rings (SSSR count). The van der Waals surface area contributed by atoms with Crippen molar-refractivity contribution in [1.29, 1.82) is 0 Å². The van der Waals surface area contributed by atoms with Crippen LogP contribution < -0.4 is 0 Å². The van der Waals surface area contributed by atoms with Crippen molar-refractivity contribution in [2.45, 2.75) is 24.7 Å². The van der Waals surface area contributed by atoms with E-state index in [2.05, 4.69) is 21.0 Å². The smallest absolute Gasteiger partial charge is 0.236 e. The molecule has 1 saturated heterocycles. The summed E-state index contributed by atoms with van der Waals surface area (Å²) in [5.74, 6) is 0.193. The van der Waals surface area contributed by atoms with Crippen LogP contribution in [0.4, 0.5) is 0 Å². The standard InChI is InChI=1S/C10H14BrN3O/c1-7-8(5-13(2)12-7)6-14-4-3-9(11)10(14)15/h5,9H,3-4,6H2,1-2H3. The summed E-state index contributed by atoms with van der Waals surface area (Å²) in [4.78, 5) is 13.6. The second kappa shape index (κ2) is 3.96. The zero-order valence-corrected chi connectivity index (χ0v) is 10.5. The number of amides is 1. The summed E-state index contributed by atoms with van der Waals surface area (Å²) in [6.07, 6.45) is 2.88. The van der Waals surface area contributed by atoms with Crippen LogP contribution in [0, 0.1) is 6.92 Å². The van der Waals surface area contributed by atoms with Crippen LogP contribution >= 0.6 is 15.9 Å². The van der Waals surface area contributed by atoms with Gasteiger partial charge in [0.25, 0.3) is 0 Å². The molecule has 1 aliphatic rings. The lowest BCUT2D eigenvalue weighted by Gasteiger charge is -2.14. The Hall–Kier alpha value is -0.840. The van der Waals surface area contributed by atoms with Crippen molar-refractivity contribution in [3.63, 3.8) is 0 Å². The Morgan fingerprint density at radius 3 is 2.87 bits per heavy atom. The number of nitrogens with zero attached hydrogens (tertiary/aromatic N) is 3. The Kier molecular flexibility index (Phi) is 2.82. The SMILES string of the molecule is Cc1nn(C)cc1CN1CCC(Br)C1=O. The average Bonchev–Trinajstić information content (AvgIpc) is 2.64. The van der Waals surface area contributed by atoms with Crippen molar-refractivity contribution >= 4 is 21.8 Å². The van der Waals surface area contributed by atoms with Gasteiger partial charge in [0.15, 0.2) is 0 Å². The van der Waals surface area contributed by atoms with Gasteiger partial charge in [-0.25, -0.2) is 0 Å². The third kappa shape index (κ3) is 2.07. The Bertz CT molecular complexity index is 388. The predicted molar refractivity (Wildman–Crippen MR) is 60.7 cm³/mol. The van der Waals surface area contributed by atoms with E-state index >= 15 is 0 Å². The number of hydrogen-bond acceptors (Lipinski definition) is 2. The van der Waals surface area contributed by atoms with Crippen LogP contribution in [-0.2, 0) is 18.4 Å². The minimum Gasteiger partial charge on any atom is -0.337 e. The Morgan fingerprint density at radius 2 is 2.40 bits per heavy atom. The van der Waals surface area contributed by atoms with E-state index in [4.69, 9.17) is 0 Å². The first-order valence-corrected chi connectivity index (χ1v) is 5.91. The van der Waals surface area contributed by atoms with E-state index in [0.717, 1.165) is 24.2 Å². The first-order valence-electron chi connectivity index (χ1n) is 5.00. The average molecular weight is 272 g/mol. The van der Waals surface area contributed by atoms with Crippen molar-refractivity contribution in [3.8, 4) is 0 Å². The van der Waals surface area contributed by atoms with E-state index < -0.39 is 0 Å². The third-order valence-electron chi connectivity index (χ3n) is 2.71. The molecule has 0 N–H and O–H groups in total. The molecule has 4 nitrogen and oxygen atoms in total. The molecule has 0 aromatic carbocycles. The summed E-state index contributed by atoms with van der Waals surface area (Å²) in [5.41, 5.74) is 2.13. The first kappa shape index (κ1) is 10.7. The van der Waals surface area contributed by atoms with Crippen molar-refractivity contribution < 1.29 is 4.79 Å². The van der Waals surface area contributed by atoms with Gasteiger partial charge in [-0.05, 0) is 13.3 Å². The molecule has 0 aliphatic carbocycles. The molecular weight excluding hydrogens is 258 g/mol. The van der Waals surface area contributed by atoms with E-state index in [1.807, 2.05) is 25.1 Å². The highest BCUT2D eigenvalue weighted by Crippen LogP contribution is 2.21. The van der Waals surface area contributed by atoms with Gasteiger partial charge in [0, 0.05) is 31.9 Å². The lowest BCUT2D eigenvalue weighted by Crippen LogP contribution is -2.27. The van der Waals surface area contributed by atoms with Crippen LogP contribution in [-0.4, -0.2) is 32.0 Å². The van der Waals surface area contributed by atoms with Gasteiger partial charge in [-0.15, -0.1) is 0 Å². The van der Waals surface area contributed by atoms with Crippen molar-refractivity contribution in [1.82, 2.24) is 14.7 Å². The summed E-state index contributed by atoms with van der Waals surface area (Å²) in [6.45, 7) is 3.49. The summed E-state index contributed by atoms with van der Waals surface area (Å²) in [6, 6.07) is 0. The number of alkyl halides is 1. The zero-order valence-electron chi connectivity index (χ0n) is 8.90. The van der Waals surface area contributed by atoms with Gasteiger partial charge >= 0.3 is 0 Å². The monoisotopic (exact) mass is 271 g/mol. The Labute approximate surface area is 97.4 Å². The van der Waals surface area contributed by atoms with E-state index in [-0.39, 0.29) is 10.7 Å². The molecule has 0 spiro atoms. The largest absolute Gasteiger partial charge is 0.337 e. The normalized spacial score (nSPS) is 21.4. The highest BCUT2D eigenvalue weighted by Gasteiger charge is 2.29. The van der Waals surface area contributed by atoms with Gasteiger partial charge in [-0.2, -0.15) is 5.10 Å². The third-order valence-corrected chi connectivity index (χ3v) is 3.56. The molecule has 15 heavy (non-hydrogen) atoms. The molecule has 0 saturated carbocycles. The maximum atomic E-state index is 11.7. The van der Waals surface area contributed by atoms with Crippen molar-refractivity contribution in [2.24, 2.45) is 7.05 Å². The second-order valence-electron chi connectivity index (χ2n) is 3.93. The zero-order chi connectivity index (χ0) is 11.0. The molecule has 0 radical (unpaired) electrons. The first-order chi connectivity index (χ1) is 7.08. The summed E-state index contributed by atoms with van der Waals surface area (Å²) in [5, 5.41) is 4.26. The molecule has 1 fully saturated rings. The van der Waals surface area contributed by atoms with Gasteiger partial charge in [0.1, 0.15) is 0 Å². The summed E-state index contributed by atoms with van der Waals surface area (Å²) >= 11 is 3.37. The van der Waals surface area contributed by atoms with Gasteiger partial charge in [-0.1, -0.05) is 15.9 Å². The molecule has 1 aliphatic heterocycles. The topological polar surface area (TPSA) is 38.1 Å². The van der Waals surface area contributed by atoms with Crippen molar-refractivity contribution in [3.05, 3.63) is 17.5 Å². The number of hydrogen-bond donors (Lipinski definition) is 0. The Morgan fingerprint density at radius 1 is 1.67 bits per heavy atom.